The summed E-state index contributed by atoms with van der Waals surface area (Å²) in [6, 6.07) is 0. The zero-order valence-corrected chi connectivity index (χ0v) is 16.0. The molecule has 148 valence electrons. The number of hydrogen-bond donors (Lipinski definition) is 0. The molecule has 26 heavy (non-hydrogen) atoms. The fourth-order valence-electron chi connectivity index (χ4n) is 5.27. The Labute approximate surface area is 155 Å². The van der Waals surface area contributed by atoms with Crippen LogP contribution in [0.2, 0.25) is 0 Å². The van der Waals surface area contributed by atoms with Gasteiger partial charge in [0.05, 0.1) is 44.1 Å². The van der Waals surface area contributed by atoms with Crippen LogP contribution in [0.25, 0.3) is 0 Å². The number of fused-ring (bicyclic) bond motifs is 2. The Morgan fingerprint density at radius 1 is 1.08 bits per heavy atom. The van der Waals surface area contributed by atoms with Crippen molar-refractivity contribution in [3.63, 3.8) is 0 Å². The Hall–Kier alpha value is -0.690. The van der Waals surface area contributed by atoms with Crippen LogP contribution in [-0.2, 0) is 28.5 Å². The summed E-state index contributed by atoms with van der Waals surface area (Å²) in [6.07, 6.45) is 9.14. The number of carbonyl (C=O) groups is 1. The van der Waals surface area contributed by atoms with E-state index in [1.807, 2.05) is 0 Å². The number of ether oxygens (including phenoxy) is 5. The van der Waals surface area contributed by atoms with Crippen LogP contribution >= 0.6 is 0 Å². The van der Waals surface area contributed by atoms with Gasteiger partial charge >= 0.3 is 5.97 Å². The second-order valence-corrected chi connectivity index (χ2v) is 8.33. The predicted octanol–water partition coefficient (Wildman–Crippen LogP) is 3.11. The molecule has 0 aromatic rings. The third-order valence-electron chi connectivity index (χ3n) is 6.73. The zero-order chi connectivity index (χ0) is 18.2. The van der Waals surface area contributed by atoms with Crippen molar-refractivity contribution < 1.29 is 28.5 Å². The summed E-state index contributed by atoms with van der Waals surface area (Å²) in [6.45, 7) is 2.72. The molecule has 0 aromatic carbocycles. The van der Waals surface area contributed by atoms with Crippen LogP contribution in [0.4, 0.5) is 0 Å². The van der Waals surface area contributed by atoms with Gasteiger partial charge in [0.1, 0.15) is 6.10 Å². The number of methoxy groups -OCH3 is 1. The third-order valence-corrected chi connectivity index (χ3v) is 6.73. The molecule has 1 aliphatic carbocycles. The maximum atomic E-state index is 11.7. The lowest BCUT2D eigenvalue weighted by atomic mass is 9.81. The van der Waals surface area contributed by atoms with Gasteiger partial charge < -0.3 is 23.7 Å². The van der Waals surface area contributed by atoms with E-state index in [4.69, 9.17) is 23.7 Å². The average Bonchev–Trinajstić information content (AvgIpc) is 2.89. The smallest absolute Gasteiger partial charge is 0.308 e. The van der Waals surface area contributed by atoms with E-state index in [2.05, 4.69) is 6.92 Å². The lowest BCUT2D eigenvalue weighted by Crippen LogP contribution is -2.53. The van der Waals surface area contributed by atoms with Gasteiger partial charge in [0, 0.05) is 19.3 Å². The van der Waals surface area contributed by atoms with Gasteiger partial charge in [-0.3, -0.25) is 4.79 Å². The second kappa shape index (κ2) is 7.38. The minimum atomic E-state index is -0.404. The molecule has 0 amide bonds. The molecule has 4 rings (SSSR count). The summed E-state index contributed by atoms with van der Waals surface area (Å²) in [5.74, 6) is -0.618. The van der Waals surface area contributed by atoms with Gasteiger partial charge in [-0.2, -0.15) is 0 Å². The van der Waals surface area contributed by atoms with E-state index >= 15 is 0 Å². The first kappa shape index (κ1) is 18.7. The lowest BCUT2D eigenvalue weighted by molar-refractivity contribution is -0.238. The van der Waals surface area contributed by atoms with Crippen LogP contribution in [0, 0.1) is 0 Å². The van der Waals surface area contributed by atoms with Crippen molar-refractivity contribution in [2.45, 2.75) is 107 Å². The van der Waals surface area contributed by atoms with Crippen molar-refractivity contribution in [2.75, 3.05) is 13.7 Å². The first-order chi connectivity index (χ1) is 12.6. The van der Waals surface area contributed by atoms with Crippen LogP contribution in [0.3, 0.4) is 0 Å². The van der Waals surface area contributed by atoms with Crippen LogP contribution in [0.1, 0.15) is 71.1 Å². The molecule has 1 spiro atoms. The highest BCUT2D eigenvalue weighted by molar-refractivity contribution is 5.69. The maximum absolute atomic E-state index is 11.7. The Balaban J connectivity index is 1.49. The van der Waals surface area contributed by atoms with E-state index in [0.717, 1.165) is 38.5 Å². The quantitative estimate of drug-likeness (QED) is 0.713. The first-order valence-electron chi connectivity index (χ1n) is 10.3. The van der Waals surface area contributed by atoms with Crippen molar-refractivity contribution in [1.82, 2.24) is 0 Å². The topological polar surface area (TPSA) is 63.2 Å². The van der Waals surface area contributed by atoms with E-state index in [9.17, 15) is 4.79 Å². The second-order valence-electron chi connectivity index (χ2n) is 8.33. The van der Waals surface area contributed by atoms with E-state index in [-0.39, 0.29) is 30.4 Å². The van der Waals surface area contributed by atoms with Gasteiger partial charge in [0.15, 0.2) is 5.79 Å². The fraction of sp³-hybridized carbons (Fsp3) is 0.950. The highest BCUT2D eigenvalue weighted by Crippen LogP contribution is 2.48. The monoisotopic (exact) mass is 368 g/mol. The molecule has 0 radical (unpaired) electrons. The zero-order valence-electron chi connectivity index (χ0n) is 16.0. The van der Waals surface area contributed by atoms with Crippen molar-refractivity contribution in [2.24, 2.45) is 0 Å². The molecule has 0 N–H and O–H groups in total. The van der Waals surface area contributed by atoms with Crippen LogP contribution in [0.15, 0.2) is 0 Å². The molecule has 1 unspecified atom stereocenters. The molecule has 0 bridgehead atoms. The van der Waals surface area contributed by atoms with E-state index in [1.165, 1.54) is 26.4 Å². The molecule has 3 heterocycles. The summed E-state index contributed by atoms with van der Waals surface area (Å²) < 4.78 is 30.5. The number of rotatable bonds is 3. The lowest BCUT2D eigenvalue weighted by Gasteiger charge is -2.46. The Morgan fingerprint density at radius 3 is 2.58 bits per heavy atom. The summed E-state index contributed by atoms with van der Waals surface area (Å²) in [4.78, 5) is 11.7. The molecule has 0 aromatic heterocycles. The minimum Gasteiger partial charge on any atom is -0.469 e. The maximum Gasteiger partial charge on any atom is 0.308 e. The number of esters is 1. The van der Waals surface area contributed by atoms with Gasteiger partial charge in [-0.05, 0) is 32.1 Å². The van der Waals surface area contributed by atoms with Crippen LogP contribution in [0.5, 0.6) is 0 Å². The van der Waals surface area contributed by atoms with Crippen molar-refractivity contribution in [3.05, 3.63) is 0 Å². The van der Waals surface area contributed by atoms with E-state index < -0.39 is 11.4 Å². The third kappa shape index (κ3) is 3.41. The summed E-state index contributed by atoms with van der Waals surface area (Å²) >= 11 is 0. The minimum absolute atomic E-state index is 0.00919. The number of hydrogen-bond acceptors (Lipinski definition) is 6. The summed E-state index contributed by atoms with van der Waals surface area (Å²) in [7, 11) is 1.43. The van der Waals surface area contributed by atoms with Gasteiger partial charge in [-0.25, -0.2) is 0 Å². The summed E-state index contributed by atoms with van der Waals surface area (Å²) in [5.41, 5.74) is -0.403. The van der Waals surface area contributed by atoms with E-state index in [0.29, 0.717) is 13.0 Å². The highest BCUT2D eigenvalue weighted by atomic mass is 16.8. The molecule has 4 aliphatic rings. The first-order valence-corrected chi connectivity index (χ1v) is 10.3. The molecular weight excluding hydrogens is 336 g/mol. The Bertz CT molecular complexity index is 516. The molecule has 4 fully saturated rings. The van der Waals surface area contributed by atoms with Crippen molar-refractivity contribution in [3.8, 4) is 0 Å². The number of carbonyl (C=O) groups excluding carboxylic acids is 1. The largest absolute Gasteiger partial charge is 0.469 e. The SMILES string of the molecule is CC[C@@]12C[C@H]3OC4(CCCCC4)O[C@H]3CO[C@H]1CCC(CC(=O)OC)O2. The van der Waals surface area contributed by atoms with Gasteiger partial charge in [0.25, 0.3) is 0 Å². The van der Waals surface area contributed by atoms with Crippen LogP contribution in [-0.4, -0.2) is 55.5 Å². The Kier molecular flexibility index (Phi) is 5.30. The fourth-order valence-corrected chi connectivity index (χ4v) is 5.27. The Morgan fingerprint density at radius 2 is 1.85 bits per heavy atom. The molecule has 1 saturated carbocycles. The van der Waals surface area contributed by atoms with Gasteiger partial charge in [-0.1, -0.05) is 13.3 Å². The highest BCUT2D eigenvalue weighted by Gasteiger charge is 2.56. The molecule has 6 heteroatoms. The average molecular weight is 368 g/mol. The molecule has 3 saturated heterocycles. The van der Waals surface area contributed by atoms with Crippen molar-refractivity contribution in [1.29, 1.82) is 0 Å². The van der Waals surface area contributed by atoms with Gasteiger partial charge in [-0.15, -0.1) is 0 Å². The van der Waals surface area contributed by atoms with Crippen LogP contribution < -0.4 is 0 Å². The van der Waals surface area contributed by atoms with Crippen molar-refractivity contribution >= 4 is 5.97 Å². The summed E-state index contributed by atoms with van der Waals surface area (Å²) in [5, 5.41) is 0. The van der Waals surface area contributed by atoms with E-state index in [1.54, 1.807) is 0 Å². The normalized spacial score (nSPS) is 41.9. The molecule has 6 nitrogen and oxygen atoms in total. The predicted molar refractivity (Wildman–Crippen MR) is 93.7 cm³/mol. The molecule has 5 atom stereocenters. The standard InChI is InChI=1S/C20H32O6/c1-3-19-12-15-16(26-20(25-15)9-5-4-6-10-20)13-23-17(19)8-7-14(24-19)11-18(21)22-2/h14-17H,3-13H2,1-2H3/t14?,15-,16+,17+,19-/m1/s1. The molecular formula is C20H32O6. The molecule has 3 aliphatic heterocycles. The van der Waals surface area contributed by atoms with Gasteiger partial charge in [0.2, 0.25) is 0 Å².